The lowest BCUT2D eigenvalue weighted by Gasteiger charge is -2.44. The van der Waals surface area contributed by atoms with E-state index in [0.717, 1.165) is 0 Å². The predicted molar refractivity (Wildman–Crippen MR) is 110 cm³/mol. The van der Waals surface area contributed by atoms with Crippen molar-refractivity contribution in [2.24, 2.45) is 0 Å². The van der Waals surface area contributed by atoms with Crippen LogP contribution in [0.2, 0.25) is 0 Å². The summed E-state index contributed by atoms with van der Waals surface area (Å²) in [4.78, 5) is 27.7. The summed E-state index contributed by atoms with van der Waals surface area (Å²) in [6.45, 7) is 3.15. The molecule has 2 aliphatic heterocycles. The molecule has 0 fully saturated rings. The Morgan fingerprint density at radius 3 is 2.60 bits per heavy atom. The van der Waals surface area contributed by atoms with E-state index >= 15 is 0 Å². The minimum absolute atomic E-state index is 0.262. The molecule has 0 radical (unpaired) electrons. The van der Waals surface area contributed by atoms with E-state index in [1.807, 2.05) is 13.8 Å². The number of amides is 3. The molecule has 6 nitrogen and oxygen atoms in total. The Labute approximate surface area is 174 Å². The molecule has 30 heavy (non-hydrogen) atoms. The lowest BCUT2D eigenvalue weighted by Crippen LogP contribution is -2.57. The van der Waals surface area contributed by atoms with Crippen LogP contribution in [0, 0.1) is 11.3 Å². The lowest BCUT2D eigenvalue weighted by atomic mass is 9.84. The van der Waals surface area contributed by atoms with E-state index < -0.39 is 18.3 Å². The van der Waals surface area contributed by atoms with E-state index in [1.54, 1.807) is 48.5 Å². The van der Waals surface area contributed by atoms with Crippen LogP contribution >= 0.6 is 0 Å². The summed E-state index contributed by atoms with van der Waals surface area (Å²) in [6, 6.07) is 14.5. The molecule has 7 heteroatoms. The highest BCUT2D eigenvalue weighted by Gasteiger charge is 2.44. The normalized spacial score (nSPS) is 20.2. The Hall–Kier alpha value is -3.66. The Bertz CT molecular complexity index is 1100. The number of carbonyl (C=O) groups excluding carboxylic acids is 2. The summed E-state index contributed by atoms with van der Waals surface area (Å²) in [5, 5.41) is 14.9. The van der Waals surface area contributed by atoms with Gasteiger partial charge in [0.05, 0.1) is 28.9 Å². The zero-order valence-corrected chi connectivity index (χ0v) is 16.7. The molecule has 0 spiro atoms. The number of nitrogens with zero attached hydrogens (tertiary/aromatic N) is 2. The average Bonchev–Trinajstić information content (AvgIpc) is 2.72. The summed E-state index contributed by atoms with van der Waals surface area (Å²) in [6.07, 6.45) is 0.439. The molecule has 0 saturated carbocycles. The number of anilines is 1. The van der Waals surface area contributed by atoms with Crippen molar-refractivity contribution in [2.45, 2.75) is 38.5 Å². The number of nitrogens with one attached hydrogen (secondary N) is 2. The van der Waals surface area contributed by atoms with Gasteiger partial charge in [-0.25, -0.2) is 9.18 Å². The summed E-state index contributed by atoms with van der Waals surface area (Å²) in [5.74, 6) is -0.262. The number of nitriles is 1. The van der Waals surface area contributed by atoms with E-state index in [-0.39, 0.29) is 11.9 Å². The smallest absolute Gasteiger partial charge is 0.327 e. The van der Waals surface area contributed by atoms with Crippen LogP contribution in [-0.2, 0) is 11.5 Å². The molecular formula is C23H21FN4O2. The largest absolute Gasteiger partial charge is 0.347 e. The van der Waals surface area contributed by atoms with Crippen LogP contribution in [0.25, 0.3) is 0 Å². The molecule has 2 heterocycles. The van der Waals surface area contributed by atoms with Gasteiger partial charge in [-0.1, -0.05) is 24.3 Å². The Morgan fingerprint density at radius 1 is 1.20 bits per heavy atom. The fourth-order valence-corrected chi connectivity index (χ4v) is 4.00. The molecule has 1 unspecified atom stereocenters. The summed E-state index contributed by atoms with van der Waals surface area (Å²) in [7, 11) is 0. The zero-order valence-electron chi connectivity index (χ0n) is 16.7. The third kappa shape index (κ3) is 3.41. The van der Waals surface area contributed by atoms with Gasteiger partial charge in [0.25, 0.3) is 5.91 Å². The second-order valence-corrected chi connectivity index (χ2v) is 8.13. The standard InChI is InChI=1S/C23H21FN4O2/c1-23(2)11-18-19(21(29)27-23)20(16-8-6-14(13-25)7-9-16)26-22(30)28(18)17-5-3-4-15(10-17)12-24/h3-10,20H,11-12H2,1-2H3,(H,26,30)(H,27,29). The SMILES string of the molecule is CC1(C)CC2=C(C(=O)N1)C(c1ccc(C#N)cc1)NC(=O)N2c1cccc(CF)c1. The van der Waals surface area contributed by atoms with E-state index in [1.165, 1.54) is 4.90 Å². The van der Waals surface area contributed by atoms with Crippen LogP contribution in [-0.4, -0.2) is 17.5 Å². The quantitative estimate of drug-likeness (QED) is 0.815. The number of alkyl halides is 1. The van der Waals surface area contributed by atoms with Gasteiger partial charge in [-0.15, -0.1) is 0 Å². The Balaban J connectivity index is 1.87. The number of rotatable bonds is 3. The van der Waals surface area contributed by atoms with Gasteiger partial charge < -0.3 is 10.6 Å². The van der Waals surface area contributed by atoms with E-state index in [0.29, 0.717) is 40.1 Å². The fourth-order valence-electron chi connectivity index (χ4n) is 4.00. The van der Waals surface area contributed by atoms with Gasteiger partial charge in [0.2, 0.25) is 0 Å². The van der Waals surface area contributed by atoms with Crippen LogP contribution in [0.1, 0.15) is 43.0 Å². The van der Waals surface area contributed by atoms with Gasteiger partial charge in [-0.05, 0) is 49.2 Å². The first-order valence-electron chi connectivity index (χ1n) is 9.64. The summed E-state index contributed by atoms with van der Waals surface area (Å²) in [5.41, 5.74) is 2.67. The molecule has 0 saturated heterocycles. The first kappa shape index (κ1) is 19.6. The summed E-state index contributed by atoms with van der Waals surface area (Å²) < 4.78 is 13.2. The monoisotopic (exact) mass is 404 g/mol. The summed E-state index contributed by atoms with van der Waals surface area (Å²) >= 11 is 0. The molecule has 0 aromatic heterocycles. The molecule has 2 N–H and O–H groups in total. The molecule has 3 amide bonds. The molecule has 0 bridgehead atoms. The maximum absolute atomic E-state index is 13.2. The van der Waals surface area contributed by atoms with Crippen molar-refractivity contribution in [1.82, 2.24) is 10.6 Å². The Kier molecular flexibility index (Phi) is 4.78. The lowest BCUT2D eigenvalue weighted by molar-refractivity contribution is -0.120. The van der Waals surface area contributed by atoms with Gasteiger partial charge in [-0.3, -0.25) is 9.69 Å². The highest BCUT2D eigenvalue weighted by Crippen LogP contribution is 2.40. The van der Waals surface area contributed by atoms with Gasteiger partial charge in [0.1, 0.15) is 6.67 Å². The number of urea groups is 1. The van der Waals surface area contributed by atoms with Crippen molar-refractivity contribution in [1.29, 1.82) is 5.26 Å². The first-order valence-corrected chi connectivity index (χ1v) is 9.64. The van der Waals surface area contributed by atoms with Crippen molar-refractivity contribution in [3.05, 3.63) is 76.5 Å². The van der Waals surface area contributed by atoms with Crippen molar-refractivity contribution in [2.75, 3.05) is 4.90 Å². The molecular weight excluding hydrogens is 383 g/mol. The van der Waals surface area contributed by atoms with E-state index in [2.05, 4.69) is 16.7 Å². The number of halogens is 1. The number of benzene rings is 2. The molecule has 2 aliphatic rings. The van der Waals surface area contributed by atoms with Gasteiger partial charge >= 0.3 is 6.03 Å². The minimum atomic E-state index is -0.644. The van der Waals surface area contributed by atoms with Crippen molar-refractivity contribution in [3.63, 3.8) is 0 Å². The third-order valence-electron chi connectivity index (χ3n) is 5.34. The van der Waals surface area contributed by atoms with Gasteiger partial charge in [0, 0.05) is 17.7 Å². The molecule has 0 aliphatic carbocycles. The number of carbonyl (C=O) groups is 2. The minimum Gasteiger partial charge on any atom is -0.347 e. The Morgan fingerprint density at radius 2 is 1.93 bits per heavy atom. The number of hydrogen-bond donors (Lipinski definition) is 2. The van der Waals surface area contributed by atoms with Gasteiger partial charge in [-0.2, -0.15) is 5.26 Å². The van der Waals surface area contributed by atoms with Gasteiger partial charge in [0.15, 0.2) is 0 Å². The maximum Gasteiger partial charge on any atom is 0.327 e. The second-order valence-electron chi connectivity index (χ2n) is 8.13. The van der Waals surface area contributed by atoms with Crippen LogP contribution in [0.5, 0.6) is 0 Å². The topological polar surface area (TPSA) is 85.2 Å². The van der Waals surface area contributed by atoms with Crippen LogP contribution < -0.4 is 15.5 Å². The first-order chi connectivity index (χ1) is 14.3. The maximum atomic E-state index is 13.2. The molecule has 1 atom stereocenters. The van der Waals surface area contributed by atoms with Crippen LogP contribution in [0.4, 0.5) is 14.9 Å². The third-order valence-corrected chi connectivity index (χ3v) is 5.34. The van der Waals surface area contributed by atoms with Crippen LogP contribution in [0.3, 0.4) is 0 Å². The second kappa shape index (κ2) is 7.30. The van der Waals surface area contributed by atoms with Crippen LogP contribution in [0.15, 0.2) is 59.8 Å². The van der Waals surface area contributed by atoms with E-state index in [4.69, 9.17) is 5.26 Å². The van der Waals surface area contributed by atoms with E-state index in [9.17, 15) is 14.0 Å². The average molecular weight is 404 g/mol. The zero-order chi connectivity index (χ0) is 21.5. The predicted octanol–water partition coefficient (Wildman–Crippen LogP) is 3.85. The molecule has 152 valence electrons. The molecule has 4 rings (SSSR count). The highest BCUT2D eigenvalue weighted by atomic mass is 19.1. The van der Waals surface area contributed by atoms with Crippen molar-refractivity contribution >= 4 is 17.6 Å². The van der Waals surface area contributed by atoms with Crippen molar-refractivity contribution in [3.8, 4) is 6.07 Å². The number of hydrogen-bond acceptors (Lipinski definition) is 3. The van der Waals surface area contributed by atoms with Crippen molar-refractivity contribution < 1.29 is 14.0 Å². The molecule has 2 aromatic carbocycles. The molecule has 2 aromatic rings. The highest BCUT2D eigenvalue weighted by molar-refractivity contribution is 6.06. The fraction of sp³-hybridized carbons (Fsp3) is 0.261.